The monoisotopic (exact) mass is 433 g/mol. The van der Waals surface area contributed by atoms with E-state index in [9.17, 15) is 0 Å². The minimum atomic E-state index is 0.572. The van der Waals surface area contributed by atoms with Gasteiger partial charge in [0.1, 0.15) is 23.4 Å². The fourth-order valence-corrected chi connectivity index (χ4v) is 3.93. The van der Waals surface area contributed by atoms with Crippen LogP contribution in [0.4, 0.5) is 0 Å². The SMILES string of the molecule is CCc1ccc(-n2cnnc2-c2c(-c3cc(Cl)ccc3Cl)nc3ccccn23)cc1. The van der Waals surface area contributed by atoms with Gasteiger partial charge in [-0.25, -0.2) is 4.98 Å². The molecule has 0 aliphatic heterocycles. The number of aromatic nitrogens is 5. The molecule has 0 spiro atoms. The lowest BCUT2D eigenvalue weighted by Gasteiger charge is -2.10. The summed E-state index contributed by atoms with van der Waals surface area (Å²) in [5, 5.41) is 9.80. The standard InChI is InChI=1S/C23H17Cl2N5/c1-2-15-6-9-17(10-7-15)30-14-26-28-23(30)22-21(18-13-16(24)8-11-19(18)25)27-20-5-3-4-12-29(20)22/h3-14H,2H2,1H3. The van der Waals surface area contributed by atoms with Gasteiger partial charge in [-0.3, -0.25) is 8.97 Å². The van der Waals surface area contributed by atoms with E-state index < -0.39 is 0 Å². The molecule has 0 amide bonds. The van der Waals surface area contributed by atoms with Crippen LogP contribution in [0.5, 0.6) is 0 Å². The van der Waals surface area contributed by atoms with Crippen LogP contribution in [0, 0.1) is 0 Å². The van der Waals surface area contributed by atoms with E-state index in [1.807, 2.05) is 39.4 Å². The summed E-state index contributed by atoms with van der Waals surface area (Å²) in [6.07, 6.45) is 4.65. The highest BCUT2D eigenvalue weighted by Gasteiger charge is 2.22. The molecule has 0 N–H and O–H groups in total. The molecule has 7 heteroatoms. The molecule has 5 rings (SSSR count). The Kier molecular flexibility index (Phi) is 4.77. The van der Waals surface area contributed by atoms with Crippen LogP contribution in [0.1, 0.15) is 12.5 Å². The van der Waals surface area contributed by atoms with Crippen molar-refractivity contribution >= 4 is 28.8 Å². The Bertz CT molecular complexity index is 1350. The van der Waals surface area contributed by atoms with Crippen molar-refractivity contribution in [2.45, 2.75) is 13.3 Å². The Hall–Kier alpha value is -3.15. The predicted molar refractivity (Wildman–Crippen MR) is 120 cm³/mol. The van der Waals surface area contributed by atoms with Crippen LogP contribution in [0.2, 0.25) is 10.0 Å². The first-order valence-electron chi connectivity index (χ1n) is 9.58. The first kappa shape index (κ1) is 18.9. The number of rotatable bonds is 4. The van der Waals surface area contributed by atoms with E-state index in [0.717, 1.165) is 29.0 Å². The summed E-state index contributed by atoms with van der Waals surface area (Å²) in [7, 11) is 0. The van der Waals surface area contributed by atoms with Gasteiger partial charge in [-0.1, -0.05) is 48.3 Å². The molecule has 0 saturated heterocycles. The van der Waals surface area contributed by atoms with E-state index >= 15 is 0 Å². The molecule has 0 bridgehead atoms. The smallest absolute Gasteiger partial charge is 0.187 e. The Morgan fingerprint density at radius 2 is 1.80 bits per heavy atom. The van der Waals surface area contributed by atoms with Crippen LogP contribution < -0.4 is 0 Å². The Labute approximate surface area is 183 Å². The Morgan fingerprint density at radius 3 is 2.60 bits per heavy atom. The van der Waals surface area contributed by atoms with E-state index in [1.54, 1.807) is 18.5 Å². The highest BCUT2D eigenvalue weighted by Crippen LogP contribution is 2.37. The van der Waals surface area contributed by atoms with Crippen LogP contribution in [0.25, 0.3) is 34.1 Å². The highest BCUT2D eigenvalue weighted by atomic mass is 35.5. The van der Waals surface area contributed by atoms with Gasteiger partial charge >= 0.3 is 0 Å². The van der Waals surface area contributed by atoms with Gasteiger partial charge in [0.15, 0.2) is 5.82 Å². The van der Waals surface area contributed by atoms with E-state index in [4.69, 9.17) is 28.2 Å². The minimum Gasteiger partial charge on any atom is -0.296 e. The van der Waals surface area contributed by atoms with Crippen molar-refractivity contribution in [3.8, 4) is 28.5 Å². The van der Waals surface area contributed by atoms with Gasteiger partial charge in [-0.2, -0.15) is 0 Å². The molecule has 148 valence electrons. The number of imidazole rings is 1. The van der Waals surface area contributed by atoms with Crippen molar-refractivity contribution < 1.29 is 0 Å². The fourth-order valence-electron chi connectivity index (χ4n) is 3.55. The molecular formula is C23H17Cl2N5. The van der Waals surface area contributed by atoms with Crippen LogP contribution in [0.15, 0.2) is 73.2 Å². The molecule has 0 unspecified atom stereocenters. The third kappa shape index (κ3) is 3.16. The van der Waals surface area contributed by atoms with Gasteiger partial charge in [0.2, 0.25) is 0 Å². The predicted octanol–water partition coefficient (Wildman–Crippen LogP) is 6.12. The van der Waals surface area contributed by atoms with E-state index in [0.29, 0.717) is 21.6 Å². The molecule has 2 aromatic carbocycles. The topological polar surface area (TPSA) is 48.0 Å². The maximum absolute atomic E-state index is 6.53. The zero-order valence-corrected chi connectivity index (χ0v) is 17.6. The third-order valence-electron chi connectivity index (χ3n) is 5.10. The minimum absolute atomic E-state index is 0.572. The summed E-state index contributed by atoms with van der Waals surface area (Å²) >= 11 is 12.8. The summed E-state index contributed by atoms with van der Waals surface area (Å²) in [5.74, 6) is 0.670. The van der Waals surface area contributed by atoms with Crippen LogP contribution in [-0.2, 0) is 6.42 Å². The number of hydrogen-bond donors (Lipinski definition) is 0. The van der Waals surface area contributed by atoms with E-state index in [1.165, 1.54) is 5.56 Å². The van der Waals surface area contributed by atoms with Crippen LogP contribution >= 0.6 is 23.2 Å². The highest BCUT2D eigenvalue weighted by molar-refractivity contribution is 6.35. The van der Waals surface area contributed by atoms with Crippen molar-refractivity contribution in [3.63, 3.8) is 0 Å². The van der Waals surface area contributed by atoms with Crippen molar-refractivity contribution in [3.05, 3.63) is 88.8 Å². The van der Waals surface area contributed by atoms with Crippen molar-refractivity contribution in [2.24, 2.45) is 0 Å². The average Bonchev–Trinajstić information content (AvgIpc) is 3.39. The Morgan fingerprint density at radius 1 is 0.967 bits per heavy atom. The van der Waals surface area contributed by atoms with Crippen molar-refractivity contribution in [2.75, 3.05) is 0 Å². The molecule has 0 radical (unpaired) electrons. The third-order valence-corrected chi connectivity index (χ3v) is 5.66. The molecule has 3 aromatic heterocycles. The summed E-state index contributed by atoms with van der Waals surface area (Å²) < 4.78 is 3.95. The maximum atomic E-state index is 6.53. The number of nitrogens with zero attached hydrogens (tertiary/aromatic N) is 5. The van der Waals surface area contributed by atoms with Crippen LogP contribution in [-0.4, -0.2) is 24.1 Å². The van der Waals surface area contributed by atoms with Crippen molar-refractivity contribution in [1.29, 1.82) is 0 Å². The molecule has 30 heavy (non-hydrogen) atoms. The molecule has 0 atom stereocenters. The average molecular weight is 434 g/mol. The molecule has 5 aromatic rings. The lowest BCUT2D eigenvalue weighted by molar-refractivity contribution is 1.03. The largest absolute Gasteiger partial charge is 0.296 e. The zero-order valence-electron chi connectivity index (χ0n) is 16.1. The second kappa shape index (κ2) is 7.59. The quantitative estimate of drug-likeness (QED) is 0.343. The molecule has 0 aliphatic carbocycles. The van der Waals surface area contributed by atoms with Gasteiger partial charge in [0, 0.05) is 22.5 Å². The molecule has 3 heterocycles. The maximum Gasteiger partial charge on any atom is 0.187 e. The zero-order chi connectivity index (χ0) is 20.7. The normalized spacial score (nSPS) is 11.3. The number of fused-ring (bicyclic) bond motifs is 1. The number of aryl methyl sites for hydroxylation is 1. The van der Waals surface area contributed by atoms with E-state index in [-0.39, 0.29) is 0 Å². The summed E-state index contributed by atoms with van der Waals surface area (Å²) in [6, 6.07) is 19.6. The number of hydrogen-bond acceptors (Lipinski definition) is 3. The van der Waals surface area contributed by atoms with Crippen LogP contribution in [0.3, 0.4) is 0 Å². The number of halogens is 2. The first-order valence-corrected chi connectivity index (χ1v) is 10.3. The lowest BCUT2D eigenvalue weighted by Crippen LogP contribution is -2.00. The van der Waals surface area contributed by atoms with Gasteiger partial charge in [-0.15, -0.1) is 10.2 Å². The van der Waals surface area contributed by atoms with Gasteiger partial charge in [0.05, 0.1) is 5.02 Å². The van der Waals surface area contributed by atoms with Gasteiger partial charge in [-0.05, 0) is 54.4 Å². The lowest BCUT2D eigenvalue weighted by atomic mass is 10.1. The molecule has 0 aliphatic rings. The summed E-state index contributed by atoms with van der Waals surface area (Å²) in [6.45, 7) is 2.14. The Balaban J connectivity index is 1.78. The molecule has 0 fully saturated rings. The van der Waals surface area contributed by atoms with Crippen molar-refractivity contribution in [1.82, 2.24) is 24.1 Å². The molecule has 0 saturated carbocycles. The van der Waals surface area contributed by atoms with E-state index in [2.05, 4.69) is 41.4 Å². The number of pyridine rings is 1. The molecular weight excluding hydrogens is 417 g/mol. The second-order valence-electron chi connectivity index (χ2n) is 6.91. The summed E-state index contributed by atoms with van der Waals surface area (Å²) in [4.78, 5) is 4.84. The molecule has 5 nitrogen and oxygen atoms in total. The fraction of sp³-hybridized carbons (Fsp3) is 0.0870. The second-order valence-corrected chi connectivity index (χ2v) is 7.75. The van der Waals surface area contributed by atoms with Gasteiger partial charge < -0.3 is 0 Å². The van der Waals surface area contributed by atoms with Gasteiger partial charge in [0.25, 0.3) is 0 Å². The summed E-state index contributed by atoms with van der Waals surface area (Å²) in [5.41, 5.74) is 5.28. The first-order chi connectivity index (χ1) is 14.7. The number of benzene rings is 2.